The zero-order valence-corrected chi connectivity index (χ0v) is 8.28. The zero-order chi connectivity index (χ0) is 12.5. The molecule has 0 spiro atoms. The second kappa shape index (κ2) is 4.32. The van der Waals surface area contributed by atoms with Crippen LogP contribution < -0.4 is 5.73 Å². The molecule has 16 heavy (non-hydrogen) atoms. The standard InChI is InChI=1S/C9H9F5N2/c1-4-6(8(10)11)5(2-15)3-16-7(4)9(12,13)14/h3,8H,2,15H2,1H3. The van der Waals surface area contributed by atoms with Crippen molar-refractivity contribution in [2.24, 2.45) is 5.73 Å². The topological polar surface area (TPSA) is 38.9 Å². The highest BCUT2D eigenvalue weighted by atomic mass is 19.4. The van der Waals surface area contributed by atoms with Gasteiger partial charge in [0.25, 0.3) is 6.43 Å². The molecule has 0 bridgehead atoms. The number of hydrogen-bond acceptors (Lipinski definition) is 2. The molecule has 90 valence electrons. The predicted molar refractivity (Wildman–Crippen MR) is 46.8 cm³/mol. The van der Waals surface area contributed by atoms with Crippen LogP contribution in [0.5, 0.6) is 0 Å². The van der Waals surface area contributed by atoms with Gasteiger partial charge in [0.1, 0.15) is 5.69 Å². The molecule has 2 nitrogen and oxygen atoms in total. The third-order valence-electron chi connectivity index (χ3n) is 2.16. The second-order valence-corrected chi connectivity index (χ2v) is 3.17. The zero-order valence-electron chi connectivity index (χ0n) is 8.28. The monoisotopic (exact) mass is 240 g/mol. The van der Waals surface area contributed by atoms with Gasteiger partial charge in [-0.2, -0.15) is 13.2 Å². The average Bonchev–Trinajstić information content (AvgIpc) is 2.14. The fourth-order valence-corrected chi connectivity index (χ4v) is 1.43. The van der Waals surface area contributed by atoms with Gasteiger partial charge in [-0.3, -0.25) is 4.98 Å². The largest absolute Gasteiger partial charge is 0.433 e. The van der Waals surface area contributed by atoms with Crippen LogP contribution in [0, 0.1) is 6.92 Å². The Labute approximate surface area is 88.3 Å². The summed E-state index contributed by atoms with van der Waals surface area (Å²) in [6, 6.07) is 0. The summed E-state index contributed by atoms with van der Waals surface area (Å²) in [5.41, 5.74) is 2.56. The van der Waals surface area contributed by atoms with E-state index in [1.54, 1.807) is 0 Å². The lowest BCUT2D eigenvalue weighted by molar-refractivity contribution is -0.141. The maximum atomic E-state index is 12.6. The quantitative estimate of drug-likeness (QED) is 0.807. The first kappa shape index (κ1) is 12.8. The molecule has 0 saturated carbocycles. The molecule has 7 heteroatoms. The van der Waals surface area contributed by atoms with Gasteiger partial charge in [0.05, 0.1) is 0 Å². The van der Waals surface area contributed by atoms with Crippen LogP contribution in [0.3, 0.4) is 0 Å². The molecule has 0 radical (unpaired) electrons. The van der Waals surface area contributed by atoms with Crippen molar-refractivity contribution in [3.63, 3.8) is 0 Å². The average molecular weight is 240 g/mol. The summed E-state index contributed by atoms with van der Waals surface area (Å²) in [5, 5.41) is 0. The van der Waals surface area contributed by atoms with Gasteiger partial charge in [-0.25, -0.2) is 8.78 Å². The number of alkyl halides is 5. The Morgan fingerprint density at radius 3 is 2.31 bits per heavy atom. The first-order valence-electron chi connectivity index (χ1n) is 4.32. The van der Waals surface area contributed by atoms with Gasteiger partial charge in [-0.05, 0) is 18.1 Å². The molecular weight excluding hydrogens is 231 g/mol. The second-order valence-electron chi connectivity index (χ2n) is 3.17. The minimum atomic E-state index is -4.74. The smallest absolute Gasteiger partial charge is 0.326 e. The van der Waals surface area contributed by atoms with Crippen LogP contribution in [0.15, 0.2) is 6.20 Å². The molecular formula is C9H9F5N2. The molecule has 0 amide bonds. The Bertz CT molecular complexity index is 386. The molecule has 0 aliphatic carbocycles. The lowest BCUT2D eigenvalue weighted by atomic mass is 10.0. The molecule has 0 saturated heterocycles. The van der Waals surface area contributed by atoms with Gasteiger partial charge < -0.3 is 5.73 Å². The van der Waals surface area contributed by atoms with Crippen molar-refractivity contribution in [1.29, 1.82) is 0 Å². The minimum Gasteiger partial charge on any atom is -0.326 e. The van der Waals surface area contributed by atoms with Crippen LogP contribution >= 0.6 is 0 Å². The van der Waals surface area contributed by atoms with Crippen LogP contribution in [0.25, 0.3) is 0 Å². The van der Waals surface area contributed by atoms with Crippen molar-refractivity contribution < 1.29 is 22.0 Å². The molecule has 0 fully saturated rings. The number of nitrogens with two attached hydrogens (primary N) is 1. The van der Waals surface area contributed by atoms with E-state index in [1.807, 2.05) is 0 Å². The van der Waals surface area contributed by atoms with E-state index in [0.717, 1.165) is 13.1 Å². The number of nitrogens with zero attached hydrogens (tertiary/aromatic N) is 1. The number of rotatable bonds is 2. The SMILES string of the molecule is Cc1c(C(F)(F)F)ncc(CN)c1C(F)F. The summed E-state index contributed by atoms with van der Waals surface area (Å²) in [5.74, 6) is 0. The summed E-state index contributed by atoms with van der Waals surface area (Å²) in [7, 11) is 0. The van der Waals surface area contributed by atoms with Gasteiger partial charge in [0, 0.05) is 18.3 Å². The summed E-state index contributed by atoms with van der Waals surface area (Å²) in [6.07, 6.45) is -6.99. The third kappa shape index (κ3) is 2.29. The van der Waals surface area contributed by atoms with Crippen LogP contribution in [-0.2, 0) is 12.7 Å². The van der Waals surface area contributed by atoms with Crippen LogP contribution in [0.1, 0.15) is 28.8 Å². The van der Waals surface area contributed by atoms with E-state index in [1.165, 1.54) is 0 Å². The van der Waals surface area contributed by atoms with E-state index in [2.05, 4.69) is 4.98 Å². The van der Waals surface area contributed by atoms with Crippen LogP contribution in [-0.4, -0.2) is 4.98 Å². The highest BCUT2D eigenvalue weighted by molar-refractivity contribution is 5.37. The fraction of sp³-hybridized carbons (Fsp3) is 0.444. The lowest BCUT2D eigenvalue weighted by Gasteiger charge is -2.15. The summed E-state index contributed by atoms with van der Waals surface area (Å²) in [4.78, 5) is 3.13. The summed E-state index contributed by atoms with van der Waals surface area (Å²) in [6.45, 7) is 0.697. The van der Waals surface area contributed by atoms with E-state index in [0.29, 0.717) is 0 Å². The van der Waals surface area contributed by atoms with E-state index < -0.39 is 29.4 Å². The maximum absolute atomic E-state index is 12.6. The van der Waals surface area contributed by atoms with Crippen molar-refractivity contribution in [2.75, 3.05) is 0 Å². The van der Waals surface area contributed by atoms with Gasteiger partial charge in [-0.15, -0.1) is 0 Å². The van der Waals surface area contributed by atoms with Crippen molar-refractivity contribution in [1.82, 2.24) is 4.98 Å². The normalized spacial score (nSPS) is 12.2. The van der Waals surface area contributed by atoms with E-state index in [4.69, 9.17) is 5.73 Å². The highest BCUT2D eigenvalue weighted by Crippen LogP contribution is 2.35. The molecule has 0 aliphatic rings. The Morgan fingerprint density at radius 1 is 1.38 bits per heavy atom. The molecule has 1 aromatic heterocycles. The summed E-state index contributed by atoms with van der Waals surface area (Å²) >= 11 is 0. The Balaban J connectivity index is 3.44. The molecule has 0 aliphatic heterocycles. The number of halogens is 5. The molecule has 1 heterocycles. The molecule has 1 aromatic rings. The number of pyridine rings is 1. The number of hydrogen-bond donors (Lipinski definition) is 1. The third-order valence-corrected chi connectivity index (χ3v) is 2.16. The van der Waals surface area contributed by atoms with E-state index >= 15 is 0 Å². The Morgan fingerprint density at radius 2 is 1.94 bits per heavy atom. The number of aromatic nitrogens is 1. The van der Waals surface area contributed by atoms with Crippen LogP contribution in [0.4, 0.5) is 22.0 Å². The van der Waals surface area contributed by atoms with E-state index in [9.17, 15) is 22.0 Å². The van der Waals surface area contributed by atoms with Crippen molar-refractivity contribution in [3.8, 4) is 0 Å². The van der Waals surface area contributed by atoms with Crippen LogP contribution in [0.2, 0.25) is 0 Å². The highest BCUT2D eigenvalue weighted by Gasteiger charge is 2.36. The lowest BCUT2D eigenvalue weighted by Crippen LogP contribution is -2.15. The molecule has 0 atom stereocenters. The van der Waals surface area contributed by atoms with Gasteiger partial charge in [0.15, 0.2) is 0 Å². The van der Waals surface area contributed by atoms with Gasteiger partial charge in [-0.1, -0.05) is 0 Å². The first-order chi connectivity index (χ1) is 7.29. The Kier molecular flexibility index (Phi) is 3.47. The van der Waals surface area contributed by atoms with Gasteiger partial charge >= 0.3 is 6.18 Å². The van der Waals surface area contributed by atoms with Crippen molar-refractivity contribution in [2.45, 2.75) is 26.1 Å². The van der Waals surface area contributed by atoms with Crippen molar-refractivity contribution >= 4 is 0 Å². The van der Waals surface area contributed by atoms with Gasteiger partial charge in [0.2, 0.25) is 0 Å². The minimum absolute atomic E-state index is 0.0690. The molecule has 1 rings (SSSR count). The maximum Gasteiger partial charge on any atom is 0.433 e. The Hall–Kier alpha value is -1.24. The predicted octanol–water partition coefficient (Wildman–Crippen LogP) is 2.81. The molecule has 0 unspecified atom stereocenters. The van der Waals surface area contributed by atoms with Crippen molar-refractivity contribution in [3.05, 3.63) is 28.6 Å². The van der Waals surface area contributed by atoms with E-state index in [-0.39, 0.29) is 12.1 Å². The first-order valence-corrected chi connectivity index (χ1v) is 4.32. The molecule has 2 N–H and O–H groups in total. The molecule has 0 aromatic carbocycles. The fourth-order valence-electron chi connectivity index (χ4n) is 1.43. The summed E-state index contributed by atoms with van der Waals surface area (Å²) < 4.78 is 62.4.